The molecule has 0 saturated carbocycles. The minimum atomic E-state index is -0.516. The van der Waals surface area contributed by atoms with Crippen molar-refractivity contribution >= 4 is 28.9 Å². The molecule has 2 aliphatic heterocycles. The number of carbonyl (C=O) groups is 2. The fourth-order valence-corrected chi connectivity index (χ4v) is 4.15. The van der Waals surface area contributed by atoms with Crippen LogP contribution in [0.1, 0.15) is 38.2 Å². The Labute approximate surface area is 166 Å². The Morgan fingerprint density at radius 1 is 0.964 bits per heavy atom. The van der Waals surface area contributed by atoms with Crippen molar-refractivity contribution in [3.05, 3.63) is 54.1 Å². The number of carbonyl (C=O) groups excluding carboxylic acids is 2. The lowest BCUT2D eigenvalue weighted by Gasteiger charge is -2.29. The number of imide groups is 1. The number of nitrogens with zero attached hydrogens (tertiary/aromatic N) is 2. The average Bonchev–Trinajstić information content (AvgIpc) is 3.02. The quantitative estimate of drug-likeness (QED) is 0.801. The van der Waals surface area contributed by atoms with Crippen molar-refractivity contribution in [3.8, 4) is 0 Å². The summed E-state index contributed by atoms with van der Waals surface area (Å²) in [6.07, 6.45) is 4.77. The molecular formula is C23H27N3O2. The molecule has 1 atom stereocenters. The predicted octanol–water partition coefficient (Wildman–Crippen LogP) is 3.98. The number of anilines is 3. The van der Waals surface area contributed by atoms with Gasteiger partial charge in [0.2, 0.25) is 5.91 Å². The highest BCUT2D eigenvalue weighted by Crippen LogP contribution is 2.29. The van der Waals surface area contributed by atoms with E-state index in [0.29, 0.717) is 5.69 Å². The van der Waals surface area contributed by atoms with Crippen LogP contribution >= 0.6 is 0 Å². The Balaban J connectivity index is 1.47. The summed E-state index contributed by atoms with van der Waals surface area (Å²) in [5.41, 5.74) is 3.82. The normalized spacial score (nSPS) is 20.0. The Hall–Kier alpha value is -2.82. The molecule has 2 fully saturated rings. The molecule has 0 bridgehead atoms. The molecule has 0 spiro atoms. The summed E-state index contributed by atoms with van der Waals surface area (Å²) in [5.74, 6) is -0.320. The second-order valence-corrected chi connectivity index (χ2v) is 7.55. The van der Waals surface area contributed by atoms with E-state index in [-0.39, 0.29) is 18.2 Å². The van der Waals surface area contributed by atoms with Crippen LogP contribution in [0.5, 0.6) is 0 Å². The molecule has 5 heteroatoms. The van der Waals surface area contributed by atoms with Gasteiger partial charge in [-0.05, 0) is 61.6 Å². The zero-order valence-electron chi connectivity index (χ0n) is 16.4. The maximum absolute atomic E-state index is 12.9. The van der Waals surface area contributed by atoms with Gasteiger partial charge in [0, 0.05) is 24.5 Å². The average molecular weight is 377 g/mol. The number of nitrogens with one attached hydrogen (secondary N) is 1. The topological polar surface area (TPSA) is 52.7 Å². The molecule has 2 aliphatic rings. The maximum atomic E-state index is 12.9. The molecule has 1 N–H and O–H groups in total. The molecule has 0 aliphatic carbocycles. The van der Waals surface area contributed by atoms with Crippen LogP contribution in [-0.2, 0) is 16.0 Å². The lowest BCUT2D eigenvalue weighted by Crippen LogP contribution is -2.35. The first-order valence-electron chi connectivity index (χ1n) is 10.2. The Bertz CT molecular complexity index is 856. The lowest BCUT2D eigenvalue weighted by atomic mass is 10.1. The summed E-state index contributed by atoms with van der Waals surface area (Å²) in [4.78, 5) is 29.3. The van der Waals surface area contributed by atoms with Crippen LogP contribution in [0.3, 0.4) is 0 Å². The number of hydrogen-bond donors (Lipinski definition) is 1. The molecule has 2 heterocycles. The van der Waals surface area contributed by atoms with E-state index in [2.05, 4.69) is 22.3 Å². The molecule has 0 unspecified atom stereocenters. The highest BCUT2D eigenvalue weighted by Gasteiger charge is 2.40. The number of aryl methyl sites for hydroxylation is 1. The number of para-hydroxylation sites is 1. The molecule has 0 radical (unpaired) electrons. The molecule has 146 valence electrons. The predicted molar refractivity (Wildman–Crippen MR) is 113 cm³/mol. The van der Waals surface area contributed by atoms with Gasteiger partial charge < -0.3 is 10.2 Å². The molecule has 5 nitrogen and oxygen atoms in total. The van der Waals surface area contributed by atoms with Gasteiger partial charge in [-0.25, -0.2) is 4.90 Å². The first-order valence-corrected chi connectivity index (χ1v) is 10.2. The number of rotatable bonds is 5. The summed E-state index contributed by atoms with van der Waals surface area (Å²) in [7, 11) is 0. The van der Waals surface area contributed by atoms with E-state index in [1.165, 1.54) is 29.8 Å². The Morgan fingerprint density at radius 2 is 1.68 bits per heavy atom. The van der Waals surface area contributed by atoms with Gasteiger partial charge in [-0.1, -0.05) is 25.1 Å². The largest absolute Gasteiger partial charge is 0.373 e. The van der Waals surface area contributed by atoms with Crippen LogP contribution in [0.25, 0.3) is 0 Å². The van der Waals surface area contributed by atoms with E-state index in [9.17, 15) is 9.59 Å². The summed E-state index contributed by atoms with van der Waals surface area (Å²) in [5, 5.41) is 3.26. The van der Waals surface area contributed by atoms with Gasteiger partial charge in [-0.15, -0.1) is 0 Å². The zero-order chi connectivity index (χ0) is 19.5. The smallest absolute Gasteiger partial charge is 0.256 e. The third-order valence-corrected chi connectivity index (χ3v) is 5.69. The van der Waals surface area contributed by atoms with Crippen molar-refractivity contribution in [3.63, 3.8) is 0 Å². The molecule has 2 aromatic carbocycles. The summed E-state index contributed by atoms with van der Waals surface area (Å²) >= 11 is 0. The van der Waals surface area contributed by atoms with Crippen LogP contribution in [-0.4, -0.2) is 30.9 Å². The standard InChI is InChI=1S/C23H27N3O2/c1-2-17-8-4-5-9-21(17)26-22(27)16-20(23(26)28)24-18-10-12-19(13-11-18)25-14-6-3-7-15-25/h4-5,8-13,20,24H,2-3,6-7,14-16H2,1H3/t20-/m0/s1. The SMILES string of the molecule is CCc1ccccc1N1C(=O)C[C@H](Nc2ccc(N3CCCCC3)cc2)C1=O. The number of benzene rings is 2. The number of amides is 2. The third kappa shape index (κ3) is 3.61. The van der Waals surface area contributed by atoms with Gasteiger partial charge in [-0.3, -0.25) is 9.59 Å². The van der Waals surface area contributed by atoms with Crippen molar-refractivity contribution in [2.24, 2.45) is 0 Å². The Morgan fingerprint density at radius 3 is 2.39 bits per heavy atom. The highest BCUT2D eigenvalue weighted by molar-refractivity contribution is 6.23. The second kappa shape index (κ2) is 8.05. The fraction of sp³-hybridized carbons (Fsp3) is 0.391. The lowest BCUT2D eigenvalue weighted by molar-refractivity contribution is -0.121. The maximum Gasteiger partial charge on any atom is 0.256 e. The molecular weight excluding hydrogens is 350 g/mol. The minimum absolute atomic E-state index is 0.145. The number of hydrogen-bond acceptors (Lipinski definition) is 4. The van der Waals surface area contributed by atoms with Crippen LogP contribution in [0.4, 0.5) is 17.1 Å². The van der Waals surface area contributed by atoms with E-state index in [0.717, 1.165) is 30.8 Å². The highest BCUT2D eigenvalue weighted by atomic mass is 16.2. The Kier molecular flexibility index (Phi) is 5.33. The summed E-state index contributed by atoms with van der Waals surface area (Å²) in [6, 6.07) is 15.3. The van der Waals surface area contributed by atoms with E-state index in [4.69, 9.17) is 0 Å². The van der Waals surface area contributed by atoms with Crippen LogP contribution < -0.4 is 15.1 Å². The van der Waals surface area contributed by atoms with Gasteiger partial charge in [0.25, 0.3) is 5.91 Å². The van der Waals surface area contributed by atoms with E-state index in [1.54, 1.807) is 0 Å². The van der Waals surface area contributed by atoms with Gasteiger partial charge in [-0.2, -0.15) is 0 Å². The summed E-state index contributed by atoms with van der Waals surface area (Å²) < 4.78 is 0. The third-order valence-electron chi connectivity index (χ3n) is 5.69. The molecule has 0 aromatic heterocycles. The van der Waals surface area contributed by atoms with Gasteiger partial charge >= 0.3 is 0 Å². The molecule has 2 amide bonds. The monoisotopic (exact) mass is 377 g/mol. The van der Waals surface area contributed by atoms with Crippen molar-refractivity contribution in [1.29, 1.82) is 0 Å². The second-order valence-electron chi connectivity index (χ2n) is 7.55. The first-order chi connectivity index (χ1) is 13.7. The molecule has 2 aromatic rings. The number of piperidine rings is 1. The van der Waals surface area contributed by atoms with Gasteiger partial charge in [0.15, 0.2) is 0 Å². The van der Waals surface area contributed by atoms with Crippen LogP contribution in [0.15, 0.2) is 48.5 Å². The summed E-state index contributed by atoms with van der Waals surface area (Å²) in [6.45, 7) is 4.24. The van der Waals surface area contributed by atoms with Crippen LogP contribution in [0.2, 0.25) is 0 Å². The van der Waals surface area contributed by atoms with Gasteiger partial charge in [0.05, 0.1) is 12.1 Å². The first kappa shape index (κ1) is 18.5. The van der Waals surface area contributed by atoms with E-state index >= 15 is 0 Å². The van der Waals surface area contributed by atoms with E-state index < -0.39 is 6.04 Å². The van der Waals surface area contributed by atoms with Crippen LogP contribution in [0, 0.1) is 0 Å². The molecule has 28 heavy (non-hydrogen) atoms. The van der Waals surface area contributed by atoms with Gasteiger partial charge in [0.1, 0.15) is 6.04 Å². The van der Waals surface area contributed by atoms with Crippen molar-refractivity contribution < 1.29 is 9.59 Å². The fourth-order valence-electron chi connectivity index (χ4n) is 4.15. The molecule has 2 saturated heterocycles. The zero-order valence-corrected chi connectivity index (χ0v) is 16.4. The van der Waals surface area contributed by atoms with Crippen molar-refractivity contribution in [1.82, 2.24) is 0 Å². The van der Waals surface area contributed by atoms with Crippen molar-refractivity contribution in [2.45, 2.75) is 45.1 Å². The minimum Gasteiger partial charge on any atom is -0.373 e. The van der Waals surface area contributed by atoms with E-state index in [1.807, 2.05) is 43.3 Å². The van der Waals surface area contributed by atoms with Crippen molar-refractivity contribution in [2.75, 3.05) is 28.2 Å². The molecule has 4 rings (SSSR count).